The summed E-state index contributed by atoms with van der Waals surface area (Å²) in [6.07, 6.45) is 3.15. The second kappa shape index (κ2) is 7.38. The van der Waals surface area contributed by atoms with Crippen LogP contribution in [0.3, 0.4) is 0 Å². The normalized spacial score (nSPS) is 27.9. The molecule has 2 aliphatic heterocycles. The van der Waals surface area contributed by atoms with Crippen molar-refractivity contribution in [3.63, 3.8) is 0 Å². The van der Waals surface area contributed by atoms with E-state index in [1.54, 1.807) is 0 Å². The minimum atomic E-state index is -0.658. The first-order chi connectivity index (χ1) is 11.4. The first-order valence-electron chi connectivity index (χ1n) is 8.86. The molecular weight excluding hydrogens is 304 g/mol. The molecule has 0 spiro atoms. The van der Waals surface area contributed by atoms with Crippen molar-refractivity contribution >= 4 is 13.2 Å². The molecule has 0 bridgehead atoms. The van der Waals surface area contributed by atoms with E-state index < -0.39 is 6.17 Å². The van der Waals surface area contributed by atoms with Crippen LogP contribution in [0.2, 0.25) is 0 Å². The third kappa shape index (κ3) is 4.92. The molecule has 2 fully saturated rings. The number of nitrogens with zero attached hydrogens (tertiary/aromatic N) is 1. The number of rotatable bonds is 4. The summed E-state index contributed by atoms with van der Waals surface area (Å²) in [5.41, 5.74) is 2.19. The highest BCUT2D eigenvalue weighted by atomic mass is 19.1. The van der Waals surface area contributed by atoms with Gasteiger partial charge >= 0.3 is 7.12 Å². The Morgan fingerprint density at radius 1 is 1.33 bits per heavy atom. The van der Waals surface area contributed by atoms with Crippen molar-refractivity contribution in [1.29, 1.82) is 0 Å². The van der Waals surface area contributed by atoms with Crippen LogP contribution in [0.4, 0.5) is 4.39 Å². The zero-order valence-electron chi connectivity index (χ0n) is 14.9. The molecule has 0 aromatic heterocycles. The molecule has 0 radical (unpaired) electrons. The smallest absolute Gasteiger partial charge is 0.405 e. The summed E-state index contributed by atoms with van der Waals surface area (Å²) in [5.74, 6) is 1.97. The van der Waals surface area contributed by atoms with E-state index >= 15 is 0 Å². The average Bonchev–Trinajstić information content (AvgIpc) is 2.90. The Labute approximate surface area is 145 Å². The van der Waals surface area contributed by atoms with Crippen LogP contribution in [0.5, 0.6) is 0 Å². The van der Waals surface area contributed by atoms with Crippen LogP contribution >= 0.6 is 0 Å². The van der Waals surface area contributed by atoms with Gasteiger partial charge in [-0.15, -0.1) is 0 Å². The summed E-state index contributed by atoms with van der Waals surface area (Å²) in [5, 5.41) is 0. The Morgan fingerprint density at radius 3 is 2.71 bits per heavy atom. The molecule has 3 nitrogen and oxygen atoms in total. The largest absolute Gasteiger partial charge is 0.486 e. The van der Waals surface area contributed by atoms with Gasteiger partial charge in [-0.2, -0.15) is 0 Å². The molecule has 1 unspecified atom stereocenters. The second-order valence-corrected chi connectivity index (χ2v) is 7.62. The van der Waals surface area contributed by atoms with Crippen molar-refractivity contribution in [3.8, 4) is 0 Å². The Kier molecular flexibility index (Phi) is 5.43. The Bertz CT molecular complexity index is 575. The SMILES string of the molecule is CC1CC(C)(C)OB(/C=C/c2ccc(CN3CC[C@@H](F)C3)cc2)O1. The van der Waals surface area contributed by atoms with Gasteiger partial charge in [0.25, 0.3) is 0 Å². The molecular formula is C19H27BFNO2. The van der Waals surface area contributed by atoms with E-state index in [4.69, 9.17) is 9.31 Å². The van der Waals surface area contributed by atoms with Gasteiger partial charge in [0.15, 0.2) is 0 Å². The number of halogens is 1. The van der Waals surface area contributed by atoms with Crippen molar-refractivity contribution in [2.45, 2.75) is 58.0 Å². The molecule has 1 aromatic rings. The number of hydrogen-bond acceptors (Lipinski definition) is 3. The van der Waals surface area contributed by atoms with Crippen LogP contribution < -0.4 is 0 Å². The van der Waals surface area contributed by atoms with Crippen LogP contribution in [0, 0.1) is 0 Å². The molecule has 2 atom stereocenters. The van der Waals surface area contributed by atoms with E-state index in [1.165, 1.54) is 5.56 Å². The molecule has 0 amide bonds. The number of likely N-dealkylation sites (tertiary alicyclic amines) is 1. The first-order valence-corrected chi connectivity index (χ1v) is 8.86. The predicted molar refractivity (Wildman–Crippen MR) is 96.3 cm³/mol. The maximum Gasteiger partial charge on any atom is 0.486 e. The van der Waals surface area contributed by atoms with E-state index in [0.29, 0.717) is 13.0 Å². The van der Waals surface area contributed by atoms with Gasteiger partial charge in [-0.3, -0.25) is 4.90 Å². The topological polar surface area (TPSA) is 21.7 Å². The van der Waals surface area contributed by atoms with E-state index in [2.05, 4.69) is 49.9 Å². The third-order valence-electron chi connectivity index (χ3n) is 4.63. The lowest BCUT2D eigenvalue weighted by Gasteiger charge is -2.37. The quantitative estimate of drug-likeness (QED) is 0.782. The zero-order valence-corrected chi connectivity index (χ0v) is 14.9. The van der Waals surface area contributed by atoms with Gasteiger partial charge in [-0.25, -0.2) is 4.39 Å². The Hall–Kier alpha value is -1.17. The van der Waals surface area contributed by atoms with Crippen LogP contribution in [-0.2, 0) is 15.9 Å². The standard InChI is InChI=1S/C19H27BFNO2/c1-15-12-19(2,3)24-20(23-15)10-8-16-4-6-17(7-5-16)13-22-11-9-18(21)14-22/h4-8,10,15,18H,9,11-14H2,1-3H3/b10-8+/t15?,18-/m1/s1. The second-order valence-electron chi connectivity index (χ2n) is 7.62. The molecule has 5 heteroatoms. The van der Waals surface area contributed by atoms with E-state index in [-0.39, 0.29) is 18.8 Å². The average molecular weight is 331 g/mol. The molecule has 0 aliphatic carbocycles. The van der Waals surface area contributed by atoms with Crippen LogP contribution in [0.25, 0.3) is 6.08 Å². The maximum atomic E-state index is 13.2. The van der Waals surface area contributed by atoms with E-state index in [1.807, 2.05) is 12.1 Å². The fourth-order valence-electron chi connectivity index (χ4n) is 3.56. The van der Waals surface area contributed by atoms with Crippen molar-refractivity contribution in [2.75, 3.05) is 13.1 Å². The highest BCUT2D eigenvalue weighted by Gasteiger charge is 2.35. The molecule has 0 saturated carbocycles. The van der Waals surface area contributed by atoms with Crippen LogP contribution in [0.1, 0.15) is 44.7 Å². The van der Waals surface area contributed by atoms with Crippen molar-refractivity contribution in [3.05, 3.63) is 41.4 Å². The molecule has 0 N–H and O–H groups in total. The molecule has 2 heterocycles. The minimum absolute atomic E-state index is 0.152. The number of hydrogen-bond donors (Lipinski definition) is 0. The maximum absolute atomic E-state index is 13.2. The van der Waals surface area contributed by atoms with Crippen LogP contribution in [-0.4, -0.2) is 43.0 Å². The summed E-state index contributed by atoms with van der Waals surface area (Å²) in [6.45, 7) is 8.52. The summed E-state index contributed by atoms with van der Waals surface area (Å²) in [7, 11) is -0.297. The van der Waals surface area contributed by atoms with Gasteiger partial charge in [0.05, 0.1) is 5.60 Å². The lowest BCUT2D eigenvalue weighted by molar-refractivity contribution is -0.0235. The first kappa shape index (κ1) is 17.7. The van der Waals surface area contributed by atoms with Gasteiger partial charge in [-0.05, 0) is 44.7 Å². The van der Waals surface area contributed by atoms with Gasteiger partial charge in [0, 0.05) is 25.7 Å². The van der Waals surface area contributed by atoms with Gasteiger partial charge < -0.3 is 9.31 Å². The van der Waals surface area contributed by atoms with Gasteiger partial charge in [-0.1, -0.05) is 36.3 Å². The minimum Gasteiger partial charge on any atom is -0.405 e. The highest BCUT2D eigenvalue weighted by Crippen LogP contribution is 2.26. The third-order valence-corrected chi connectivity index (χ3v) is 4.63. The molecule has 130 valence electrons. The Morgan fingerprint density at radius 2 is 2.08 bits per heavy atom. The fourth-order valence-corrected chi connectivity index (χ4v) is 3.56. The molecule has 2 aliphatic rings. The molecule has 3 rings (SSSR count). The molecule has 2 saturated heterocycles. The lowest BCUT2D eigenvalue weighted by atomic mass is 9.82. The highest BCUT2D eigenvalue weighted by molar-refractivity contribution is 6.52. The van der Waals surface area contributed by atoms with E-state index in [9.17, 15) is 4.39 Å². The van der Waals surface area contributed by atoms with Crippen molar-refractivity contribution in [1.82, 2.24) is 4.90 Å². The fraction of sp³-hybridized carbons (Fsp3) is 0.579. The zero-order chi connectivity index (χ0) is 17.2. The molecule has 1 aromatic carbocycles. The van der Waals surface area contributed by atoms with E-state index in [0.717, 1.165) is 25.1 Å². The monoisotopic (exact) mass is 331 g/mol. The van der Waals surface area contributed by atoms with Crippen molar-refractivity contribution in [2.24, 2.45) is 0 Å². The number of alkyl halides is 1. The summed E-state index contributed by atoms with van der Waals surface area (Å²) in [4.78, 5) is 2.17. The van der Waals surface area contributed by atoms with Gasteiger partial charge in [0.1, 0.15) is 6.17 Å². The summed E-state index contributed by atoms with van der Waals surface area (Å²) < 4.78 is 25.0. The van der Waals surface area contributed by atoms with Crippen LogP contribution in [0.15, 0.2) is 30.2 Å². The predicted octanol–water partition coefficient (Wildman–Crippen LogP) is 3.88. The molecule has 24 heavy (non-hydrogen) atoms. The van der Waals surface area contributed by atoms with Gasteiger partial charge in [0.2, 0.25) is 0 Å². The summed E-state index contributed by atoms with van der Waals surface area (Å²) in [6, 6.07) is 8.40. The number of benzene rings is 1. The Balaban J connectivity index is 1.55. The lowest BCUT2D eigenvalue weighted by Crippen LogP contribution is -2.45. The summed E-state index contributed by atoms with van der Waals surface area (Å²) >= 11 is 0. The van der Waals surface area contributed by atoms with Crippen molar-refractivity contribution < 1.29 is 13.7 Å².